The molecule has 12 heteroatoms. The van der Waals surface area contributed by atoms with Crippen LogP contribution in [0.15, 0.2) is 0 Å². The molecule has 0 aliphatic rings. The normalized spacial score (nSPS) is 10.4. The van der Waals surface area contributed by atoms with Gasteiger partial charge in [0.1, 0.15) is 12.7 Å². The molecule has 2 atom stereocenters. The maximum Gasteiger partial charge on any atom is 0.508 e. The molecule has 0 saturated carbocycles. The quantitative estimate of drug-likeness (QED) is 0.444. The minimum atomic E-state index is -0.819. The lowest BCUT2D eigenvalue weighted by Gasteiger charge is -2.11. The molecule has 0 fully saturated rings. The molecule has 0 saturated heterocycles. The van der Waals surface area contributed by atoms with Crippen LogP contribution in [0, 0.1) is 0 Å². The van der Waals surface area contributed by atoms with Gasteiger partial charge in [-0.05, 0) is 13.8 Å². The molecule has 0 bridgehead atoms. The Balaban J connectivity index is -0.000000155. The van der Waals surface area contributed by atoms with E-state index in [1.54, 1.807) is 6.92 Å². The van der Waals surface area contributed by atoms with Gasteiger partial charge in [0.05, 0.1) is 41.2 Å². The highest BCUT2D eigenvalue weighted by Crippen LogP contribution is 1.95. The molecule has 0 spiro atoms. The Kier molecular flexibility index (Phi) is 30.2. The Hall–Kier alpha value is -2.31. The van der Waals surface area contributed by atoms with Gasteiger partial charge in [0.2, 0.25) is 0 Å². The Morgan fingerprint density at radius 2 is 1.15 bits per heavy atom. The summed E-state index contributed by atoms with van der Waals surface area (Å²) in [6, 6.07) is 0. The van der Waals surface area contributed by atoms with E-state index >= 15 is 0 Å². The zero-order valence-electron chi connectivity index (χ0n) is 16.1. The van der Waals surface area contributed by atoms with Crippen LogP contribution in [0.5, 0.6) is 0 Å². The number of carbonyl (C=O) groups excluding carboxylic acids is 3. The van der Waals surface area contributed by atoms with Gasteiger partial charge in [-0.2, -0.15) is 0 Å². The Morgan fingerprint density at radius 3 is 1.38 bits per heavy atom. The average molecular weight is 390 g/mol. The van der Waals surface area contributed by atoms with Crippen molar-refractivity contribution in [3.05, 3.63) is 0 Å². The average Bonchev–Trinajstić information content (AvgIpc) is 2.67. The van der Waals surface area contributed by atoms with Crippen LogP contribution >= 0.6 is 0 Å². The van der Waals surface area contributed by atoms with E-state index in [-0.39, 0.29) is 13.2 Å². The molecule has 0 radical (unpaired) electrons. The maximum absolute atomic E-state index is 10.5. The number of aliphatic hydroxyl groups excluding tert-OH is 3. The smallest absolute Gasteiger partial charge is 0.438 e. The zero-order chi connectivity index (χ0) is 21.5. The van der Waals surface area contributed by atoms with Crippen LogP contribution in [0.1, 0.15) is 13.8 Å². The molecule has 26 heavy (non-hydrogen) atoms. The second kappa shape index (κ2) is 24.9. The third-order valence-corrected chi connectivity index (χ3v) is 1.66. The Morgan fingerprint density at radius 1 is 0.808 bits per heavy atom. The number of rotatable bonds is 4. The van der Waals surface area contributed by atoms with Crippen LogP contribution < -0.4 is 0 Å². The van der Waals surface area contributed by atoms with Crippen molar-refractivity contribution in [3.8, 4) is 0 Å². The van der Waals surface area contributed by atoms with Gasteiger partial charge in [-0.25, -0.2) is 14.4 Å². The number of ether oxygens (including phenoxy) is 6. The largest absolute Gasteiger partial charge is 0.508 e. The van der Waals surface area contributed by atoms with E-state index in [2.05, 4.69) is 28.4 Å². The highest BCUT2D eigenvalue weighted by Gasteiger charge is 2.11. The van der Waals surface area contributed by atoms with E-state index in [0.717, 1.165) is 7.11 Å². The molecule has 0 aliphatic heterocycles. The summed E-state index contributed by atoms with van der Waals surface area (Å²) in [6.07, 6.45) is -3.42. The van der Waals surface area contributed by atoms with Crippen molar-refractivity contribution in [2.24, 2.45) is 0 Å². The monoisotopic (exact) mass is 390 g/mol. The maximum atomic E-state index is 10.5. The molecule has 0 aromatic rings. The number of hydrogen-bond acceptors (Lipinski definition) is 12. The second-order valence-electron chi connectivity index (χ2n) is 3.84. The Labute approximate surface area is 152 Å². The van der Waals surface area contributed by atoms with Crippen molar-refractivity contribution in [2.75, 3.05) is 48.8 Å². The van der Waals surface area contributed by atoms with Gasteiger partial charge in [-0.1, -0.05) is 0 Å². The molecule has 158 valence electrons. The van der Waals surface area contributed by atoms with Crippen LogP contribution in [-0.4, -0.2) is 94.8 Å². The topological polar surface area (TPSA) is 167 Å². The summed E-state index contributed by atoms with van der Waals surface area (Å²) < 4.78 is 25.6. The van der Waals surface area contributed by atoms with Gasteiger partial charge >= 0.3 is 18.5 Å². The predicted octanol–water partition coefficient (Wildman–Crippen LogP) is 0.308. The fourth-order valence-electron chi connectivity index (χ4n) is 0.574. The molecule has 0 amide bonds. The van der Waals surface area contributed by atoms with Gasteiger partial charge in [-0.15, -0.1) is 0 Å². The predicted molar refractivity (Wildman–Crippen MR) is 87.6 cm³/mol. The van der Waals surface area contributed by atoms with E-state index in [4.69, 9.17) is 15.3 Å². The van der Waals surface area contributed by atoms with Crippen molar-refractivity contribution in [1.82, 2.24) is 0 Å². The third kappa shape index (κ3) is 33.3. The lowest BCUT2D eigenvalue weighted by molar-refractivity contribution is 0.000324. The summed E-state index contributed by atoms with van der Waals surface area (Å²) in [6.45, 7) is 2.88. The molecule has 0 rings (SSSR count). The molecule has 3 N–H and O–H groups in total. The summed E-state index contributed by atoms with van der Waals surface area (Å²) in [7, 11) is 5.89. The van der Waals surface area contributed by atoms with Crippen molar-refractivity contribution in [3.63, 3.8) is 0 Å². The van der Waals surface area contributed by atoms with Gasteiger partial charge < -0.3 is 43.7 Å². The number of aliphatic hydroxyl groups is 3. The number of methoxy groups -OCH3 is 4. The van der Waals surface area contributed by atoms with Gasteiger partial charge in [-0.3, -0.25) is 0 Å². The van der Waals surface area contributed by atoms with Crippen molar-refractivity contribution < 1.29 is 58.1 Å². The first-order valence-electron chi connectivity index (χ1n) is 6.99. The molecule has 0 aliphatic carbocycles. The highest BCUT2D eigenvalue weighted by molar-refractivity contribution is 5.60. The van der Waals surface area contributed by atoms with Crippen LogP contribution in [0.2, 0.25) is 0 Å². The first-order valence-corrected chi connectivity index (χ1v) is 6.99. The zero-order valence-corrected chi connectivity index (χ0v) is 16.1. The molecule has 12 nitrogen and oxygen atoms in total. The van der Waals surface area contributed by atoms with E-state index < -0.39 is 30.7 Å². The third-order valence-electron chi connectivity index (χ3n) is 1.66. The molecule has 2 unspecified atom stereocenters. The van der Waals surface area contributed by atoms with Gasteiger partial charge in [0.25, 0.3) is 0 Å². The SMILES string of the molecule is CC(O)CO.CO.COC(=O)OC.COC(=O)OCC(C)OC(=O)OC. The van der Waals surface area contributed by atoms with Crippen LogP contribution in [0.25, 0.3) is 0 Å². The molecule has 0 aromatic heterocycles. The van der Waals surface area contributed by atoms with Crippen LogP contribution in [0.4, 0.5) is 14.4 Å². The van der Waals surface area contributed by atoms with Gasteiger partial charge in [0, 0.05) is 7.11 Å². The summed E-state index contributed by atoms with van der Waals surface area (Å²) in [5, 5.41) is 23.0. The summed E-state index contributed by atoms with van der Waals surface area (Å²) in [5.41, 5.74) is 0. The highest BCUT2D eigenvalue weighted by atomic mass is 16.7. The van der Waals surface area contributed by atoms with Crippen molar-refractivity contribution in [1.29, 1.82) is 0 Å². The van der Waals surface area contributed by atoms with E-state index in [9.17, 15) is 14.4 Å². The van der Waals surface area contributed by atoms with E-state index in [1.165, 1.54) is 35.4 Å². The van der Waals surface area contributed by atoms with E-state index in [1.807, 2.05) is 0 Å². The van der Waals surface area contributed by atoms with Crippen molar-refractivity contribution in [2.45, 2.75) is 26.1 Å². The molecular weight excluding hydrogens is 360 g/mol. The van der Waals surface area contributed by atoms with Crippen molar-refractivity contribution >= 4 is 18.5 Å². The van der Waals surface area contributed by atoms with Crippen LogP contribution in [0.3, 0.4) is 0 Å². The fourth-order valence-corrected chi connectivity index (χ4v) is 0.574. The first kappa shape index (κ1) is 31.5. The fraction of sp³-hybridized carbons (Fsp3) is 0.786. The summed E-state index contributed by atoms with van der Waals surface area (Å²) in [5.74, 6) is 0. The Bertz CT molecular complexity index is 326. The molecule has 0 heterocycles. The number of carbonyl (C=O) groups is 3. The first-order chi connectivity index (χ1) is 12.2. The number of hydrogen-bond donors (Lipinski definition) is 3. The molecular formula is C14H30O12. The lowest BCUT2D eigenvalue weighted by atomic mass is 10.4. The van der Waals surface area contributed by atoms with Gasteiger partial charge in [0.15, 0.2) is 0 Å². The standard InChI is InChI=1S/C7H12O6.C3H6O3.C3H8O2.CH4O/c1-5(13-7(9)11-3)4-12-6(8)10-2;1-5-3(4)6-2;1-3(5)2-4;1-2/h5H,4H2,1-3H3;1-2H3;3-5H,2H2,1H3;2H,1H3. The molecule has 0 aromatic carbocycles. The van der Waals surface area contributed by atoms with E-state index in [0.29, 0.717) is 0 Å². The van der Waals surface area contributed by atoms with Crippen LogP contribution in [-0.2, 0) is 28.4 Å². The lowest BCUT2D eigenvalue weighted by Crippen LogP contribution is -2.22. The minimum absolute atomic E-state index is 0.0677. The summed E-state index contributed by atoms with van der Waals surface area (Å²) >= 11 is 0. The summed E-state index contributed by atoms with van der Waals surface area (Å²) in [4.78, 5) is 30.7. The second-order valence-corrected chi connectivity index (χ2v) is 3.84. The minimum Gasteiger partial charge on any atom is -0.438 e.